The fourth-order valence-corrected chi connectivity index (χ4v) is 4.47. The topological polar surface area (TPSA) is 97.4 Å². The van der Waals surface area contributed by atoms with E-state index < -0.39 is 17.7 Å². The summed E-state index contributed by atoms with van der Waals surface area (Å²) >= 11 is 5.33. The second-order valence-electron chi connectivity index (χ2n) is 8.32. The van der Waals surface area contributed by atoms with Crippen molar-refractivity contribution in [2.45, 2.75) is 27.7 Å². The van der Waals surface area contributed by atoms with Crippen molar-refractivity contribution < 1.29 is 14.4 Å². The van der Waals surface area contributed by atoms with Crippen LogP contribution >= 0.6 is 12.2 Å². The normalized spacial score (nSPS) is 15.1. The first kappa shape index (κ1) is 23.1. The molecule has 0 spiro atoms. The standard InChI is InChI=1S/C26H24N4O3S/c1-14-5-10-22(15(2)11-14)30-25(33)21(24(32)28-26(30)34)13-19-12-16(3)29(17(19)4)20-8-6-18(7-9-20)23(27)31/h5-13H,1-4H3,(H2,27,31)(H,28,32,34)/b21-13+. The van der Waals surface area contributed by atoms with Crippen molar-refractivity contribution in [1.82, 2.24) is 9.88 Å². The van der Waals surface area contributed by atoms with Gasteiger partial charge in [0.25, 0.3) is 11.8 Å². The third-order valence-electron chi connectivity index (χ3n) is 5.88. The molecule has 2 heterocycles. The Labute approximate surface area is 202 Å². The lowest BCUT2D eigenvalue weighted by molar-refractivity contribution is -0.122. The Balaban J connectivity index is 1.75. The zero-order chi connectivity index (χ0) is 24.7. The molecule has 1 aromatic heterocycles. The maximum absolute atomic E-state index is 13.4. The minimum atomic E-state index is -0.536. The largest absolute Gasteiger partial charge is 0.366 e. The number of carbonyl (C=O) groups excluding carboxylic acids is 3. The number of nitrogens with two attached hydrogens (primary N) is 1. The molecule has 0 aliphatic carbocycles. The van der Waals surface area contributed by atoms with E-state index in [1.165, 1.54) is 4.90 Å². The van der Waals surface area contributed by atoms with Crippen LogP contribution in [0.2, 0.25) is 0 Å². The predicted octanol–water partition coefficient (Wildman–Crippen LogP) is 3.64. The van der Waals surface area contributed by atoms with Gasteiger partial charge < -0.3 is 10.3 Å². The molecule has 1 saturated heterocycles. The third kappa shape index (κ3) is 4.04. The van der Waals surface area contributed by atoms with Gasteiger partial charge in [-0.25, -0.2) is 0 Å². The summed E-state index contributed by atoms with van der Waals surface area (Å²) in [5, 5.41) is 2.69. The van der Waals surface area contributed by atoms with E-state index in [4.69, 9.17) is 18.0 Å². The van der Waals surface area contributed by atoms with Gasteiger partial charge in [0.05, 0.1) is 5.69 Å². The number of hydrogen-bond donors (Lipinski definition) is 2. The number of hydrogen-bond acceptors (Lipinski definition) is 4. The molecule has 3 aromatic rings. The van der Waals surface area contributed by atoms with Crippen LogP contribution < -0.4 is 16.0 Å². The highest BCUT2D eigenvalue weighted by Crippen LogP contribution is 2.28. The molecular formula is C26H24N4O3S. The van der Waals surface area contributed by atoms with Gasteiger partial charge in [-0.15, -0.1) is 0 Å². The van der Waals surface area contributed by atoms with E-state index in [0.717, 1.165) is 33.8 Å². The summed E-state index contributed by atoms with van der Waals surface area (Å²) in [4.78, 5) is 38.9. The van der Waals surface area contributed by atoms with Crippen LogP contribution in [0, 0.1) is 27.7 Å². The average molecular weight is 473 g/mol. The monoisotopic (exact) mass is 472 g/mol. The van der Waals surface area contributed by atoms with Crippen molar-refractivity contribution in [2.75, 3.05) is 4.90 Å². The van der Waals surface area contributed by atoms with E-state index in [0.29, 0.717) is 11.3 Å². The molecule has 0 bridgehead atoms. The number of primary amides is 1. The number of rotatable bonds is 4. The first-order valence-corrected chi connectivity index (χ1v) is 11.1. The molecule has 34 heavy (non-hydrogen) atoms. The summed E-state index contributed by atoms with van der Waals surface area (Å²) in [5.41, 5.74) is 11.6. The number of aromatic nitrogens is 1. The molecule has 7 nitrogen and oxygen atoms in total. The lowest BCUT2D eigenvalue weighted by Gasteiger charge is -2.30. The first-order chi connectivity index (χ1) is 16.1. The average Bonchev–Trinajstić information content (AvgIpc) is 3.05. The fourth-order valence-electron chi connectivity index (χ4n) is 4.19. The number of nitrogens with one attached hydrogen (secondary N) is 1. The lowest BCUT2D eigenvalue weighted by Crippen LogP contribution is -2.54. The molecule has 3 amide bonds. The number of carbonyl (C=O) groups is 3. The fraction of sp³-hybridized carbons (Fsp3) is 0.154. The molecule has 0 unspecified atom stereocenters. The third-order valence-corrected chi connectivity index (χ3v) is 6.16. The minimum absolute atomic E-state index is 0.00194. The van der Waals surface area contributed by atoms with Gasteiger partial charge in [-0.3, -0.25) is 24.6 Å². The molecule has 172 valence electrons. The van der Waals surface area contributed by atoms with E-state index in [1.807, 2.05) is 56.5 Å². The molecule has 0 atom stereocenters. The van der Waals surface area contributed by atoms with Crippen molar-refractivity contribution in [3.63, 3.8) is 0 Å². The molecule has 1 fully saturated rings. The zero-order valence-corrected chi connectivity index (χ0v) is 20.1. The van der Waals surface area contributed by atoms with E-state index in [2.05, 4.69) is 5.32 Å². The second kappa shape index (κ2) is 8.72. The number of anilines is 1. The lowest BCUT2D eigenvalue weighted by atomic mass is 10.0. The number of amides is 3. The van der Waals surface area contributed by atoms with Crippen LogP contribution in [0.4, 0.5) is 5.69 Å². The van der Waals surface area contributed by atoms with Gasteiger partial charge in [0.15, 0.2) is 5.11 Å². The van der Waals surface area contributed by atoms with Gasteiger partial charge >= 0.3 is 0 Å². The van der Waals surface area contributed by atoms with E-state index >= 15 is 0 Å². The first-order valence-electron chi connectivity index (χ1n) is 10.7. The summed E-state index contributed by atoms with van der Waals surface area (Å²) < 4.78 is 1.98. The Kier molecular flexibility index (Phi) is 5.93. The Morgan fingerprint density at radius 2 is 1.68 bits per heavy atom. The van der Waals surface area contributed by atoms with Crippen molar-refractivity contribution >= 4 is 46.8 Å². The summed E-state index contributed by atoms with van der Waals surface area (Å²) in [5.74, 6) is -1.51. The summed E-state index contributed by atoms with van der Waals surface area (Å²) in [6, 6.07) is 14.5. The van der Waals surface area contributed by atoms with Crippen LogP contribution in [0.1, 0.15) is 38.4 Å². The second-order valence-corrected chi connectivity index (χ2v) is 8.71. The van der Waals surface area contributed by atoms with Crippen LogP contribution in [-0.2, 0) is 9.59 Å². The van der Waals surface area contributed by atoms with E-state index in [-0.39, 0.29) is 10.7 Å². The van der Waals surface area contributed by atoms with Gasteiger partial charge in [0, 0.05) is 22.6 Å². The molecule has 0 radical (unpaired) electrons. The minimum Gasteiger partial charge on any atom is -0.366 e. The number of nitrogens with zero attached hydrogens (tertiary/aromatic N) is 2. The molecule has 1 aliphatic rings. The summed E-state index contributed by atoms with van der Waals surface area (Å²) in [7, 11) is 0. The predicted molar refractivity (Wildman–Crippen MR) is 136 cm³/mol. The molecule has 3 N–H and O–H groups in total. The summed E-state index contributed by atoms with van der Waals surface area (Å²) in [6.07, 6.45) is 1.59. The van der Waals surface area contributed by atoms with Crippen LogP contribution in [0.5, 0.6) is 0 Å². The number of aryl methyl sites for hydroxylation is 3. The highest BCUT2D eigenvalue weighted by Gasteiger charge is 2.35. The van der Waals surface area contributed by atoms with Crippen LogP contribution in [0.25, 0.3) is 11.8 Å². The molecule has 0 saturated carbocycles. The highest BCUT2D eigenvalue weighted by atomic mass is 32.1. The Morgan fingerprint density at radius 1 is 1.00 bits per heavy atom. The van der Waals surface area contributed by atoms with E-state index in [1.54, 1.807) is 30.3 Å². The Morgan fingerprint density at radius 3 is 2.29 bits per heavy atom. The maximum atomic E-state index is 13.4. The molecular weight excluding hydrogens is 448 g/mol. The van der Waals surface area contributed by atoms with Crippen LogP contribution in [0.3, 0.4) is 0 Å². The highest BCUT2D eigenvalue weighted by molar-refractivity contribution is 7.80. The van der Waals surface area contributed by atoms with Crippen LogP contribution in [-0.4, -0.2) is 27.4 Å². The van der Waals surface area contributed by atoms with Gasteiger partial charge in [0.2, 0.25) is 5.91 Å². The van der Waals surface area contributed by atoms with Crippen molar-refractivity contribution in [3.8, 4) is 5.69 Å². The zero-order valence-electron chi connectivity index (χ0n) is 19.3. The SMILES string of the molecule is Cc1ccc(N2C(=O)/C(=C/c3cc(C)n(-c4ccc(C(N)=O)cc4)c3C)C(=O)NC2=S)c(C)c1. The molecule has 1 aliphatic heterocycles. The number of thiocarbonyl (C=S) groups is 1. The van der Waals surface area contributed by atoms with Gasteiger partial charge in [-0.1, -0.05) is 17.7 Å². The quantitative estimate of drug-likeness (QED) is 0.344. The number of benzene rings is 2. The smallest absolute Gasteiger partial charge is 0.270 e. The maximum Gasteiger partial charge on any atom is 0.270 e. The van der Waals surface area contributed by atoms with Gasteiger partial charge in [-0.2, -0.15) is 0 Å². The van der Waals surface area contributed by atoms with Gasteiger partial charge in [0.1, 0.15) is 5.57 Å². The Bertz CT molecular complexity index is 1400. The Hall–Kier alpha value is -4.04. The molecule has 4 rings (SSSR count). The molecule has 8 heteroatoms. The van der Waals surface area contributed by atoms with Crippen molar-refractivity contribution in [2.24, 2.45) is 5.73 Å². The summed E-state index contributed by atoms with van der Waals surface area (Å²) in [6.45, 7) is 7.70. The van der Waals surface area contributed by atoms with Crippen molar-refractivity contribution in [3.05, 3.63) is 87.7 Å². The van der Waals surface area contributed by atoms with E-state index in [9.17, 15) is 14.4 Å². The van der Waals surface area contributed by atoms with Gasteiger partial charge in [-0.05, 0) is 93.5 Å². The van der Waals surface area contributed by atoms with Crippen molar-refractivity contribution in [1.29, 1.82) is 0 Å². The van der Waals surface area contributed by atoms with Crippen LogP contribution in [0.15, 0.2) is 54.1 Å². The molecule has 2 aromatic carbocycles.